The van der Waals surface area contributed by atoms with Crippen LogP contribution in [0.5, 0.6) is 0 Å². The monoisotopic (exact) mass is 455 g/mol. The first-order chi connectivity index (χ1) is 15.4. The van der Waals surface area contributed by atoms with Crippen molar-refractivity contribution in [3.05, 3.63) is 72.8 Å². The van der Waals surface area contributed by atoms with E-state index in [0.717, 1.165) is 5.56 Å². The van der Waals surface area contributed by atoms with E-state index in [1.807, 2.05) is 30.3 Å². The summed E-state index contributed by atoms with van der Waals surface area (Å²) < 4.78 is 27.6. The zero-order valence-electron chi connectivity index (χ0n) is 18.0. The summed E-state index contributed by atoms with van der Waals surface area (Å²) in [5, 5.41) is 5.57. The Hall–Kier alpha value is -2.97. The molecule has 1 saturated heterocycles. The highest BCUT2D eigenvalue weighted by atomic mass is 32.2. The van der Waals surface area contributed by atoms with Gasteiger partial charge in [0.15, 0.2) is 0 Å². The van der Waals surface area contributed by atoms with Crippen LogP contribution in [0.1, 0.15) is 24.8 Å². The highest BCUT2D eigenvalue weighted by molar-refractivity contribution is 7.89. The number of amides is 2. The van der Waals surface area contributed by atoms with Gasteiger partial charge in [-0.25, -0.2) is 8.42 Å². The summed E-state index contributed by atoms with van der Waals surface area (Å²) >= 11 is 0. The minimum atomic E-state index is -3.66. The van der Waals surface area contributed by atoms with Crippen molar-refractivity contribution in [1.29, 1.82) is 0 Å². The Morgan fingerprint density at radius 1 is 1.06 bits per heavy atom. The van der Waals surface area contributed by atoms with Gasteiger partial charge in [0.25, 0.3) is 0 Å². The van der Waals surface area contributed by atoms with Crippen molar-refractivity contribution in [3.8, 4) is 0 Å². The van der Waals surface area contributed by atoms with E-state index in [1.165, 1.54) is 16.4 Å². The molecular formula is C24H29N3O4S. The summed E-state index contributed by atoms with van der Waals surface area (Å²) in [4.78, 5) is 23.8. The maximum Gasteiger partial charge on any atom is 0.243 e. The van der Waals surface area contributed by atoms with Gasteiger partial charge in [-0.1, -0.05) is 43.0 Å². The highest BCUT2D eigenvalue weighted by Gasteiger charge is 2.29. The van der Waals surface area contributed by atoms with E-state index < -0.39 is 10.0 Å². The molecule has 0 spiro atoms. The van der Waals surface area contributed by atoms with Crippen LogP contribution in [-0.4, -0.2) is 44.2 Å². The van der Waals surface area contributed by atoms with Gasteiger partial charge in [0.2, 0.25) is 21.8 Å². The molecule has 0 aromatic heterocycles. The van der Waals surface area contributed by atoms with Gasteiger partial charge in [-0.2, -0.15) is 4.31 Å². The van der Waals surface area contributed by atoms with E-state index in [0.29, 0.717) is 51.0 Å². The van der Waals surface area contributed by atoms with Crippen molar-refractivity contribution in [3.63, 3.8) is 0 Å². The summed E-state index contributed by atoms with van der Waals surface area (Å²) in [7, 11) is -3.66. The summed E-state index contributed by atoms with van der Waals surface area (Å²) in [5.74, 6) is -0.144. The molecule has 0 bridgehead atoms. The van der Waals surface area contributed by atoms with Gasteiger partial charge >= 0.3 is 0 Å². The van der Waals surface area contributed by atoms with Crippen LogP contribution in [-0.2, 0) is 26.0 Å². The van der Waals surface area contributed by atoms with E-state index in [4.69, 9.17) is 0 Å². The number of sulfonamides is 1. The lowest BCUT2D eigenvalue weighted by Gasteiger charge is -2.31. The van der Waals surface area contributed by atoms with E-state index in [1.54, 1.807) is 18.2 Å². The zero-order chi connectivity index (χ0) is 23.0. The Morgan fingerprint density at radius 3 is 2.47 bits per heavy atom. The molecule has 32 heavy (non-hydrogen) atoms. The second-order valence-corrected chi connectivity index (χ2v) is 9.80. The third kappa shape index (κ3) is 6.51. The van der Waals surface area contributed by atoms with Gasteiger partial charge in [-0.05, 0) is 55.0 Å². The Bertz CT molecular complexity index is 1050. The molecule has 170 valence electrons. The largest absolute Gasteiger partial charge is 0.352 e. The molecule has 2 amide bonds. The number of nitrogens with zero attached hydrogens (tertiary/aromatic N) is 1. The van der Waals surface area contributed by atoms with Crippen LogP contribution >= 0.6 is 0 Å². The molecule has 0 aliphatic carbocycles. The topological polar surface area (TPSA) is 95.6 Å². The van der Waals surface area contributed by atoms with Crippen molar-refractivity contribution in [2.75, 3.05) is 25.0 Å². The first-order valence-corrected chi connectivity index (χ1v) is 12.2. The second-order valence-electron chi connectivity index (χ2n) is 7.86. The molecule has 3 rings (SSSR count). The number of carbonyl (C=O) groups excluding carboxylic acids is 2. The van der Waals surface area contributed by atoms with Crippen molar-refractivity contribution in [1.82, 2.24) is 9.62 Å². The lowest BCUT2D eigenvalue weighted by atomic mass is 9.98. The van der Waals surface area contributed by atoms with Gasteiger partial charge in [0, 0.05) is 31.7 Å². The Morgan fingerprint density at radius 2 is 1.78 bits per heavy atom. The van der Waals surface area contributed by atoms with Crippen LogP contribution in [0.4, 0.5) is 5.69 Å². The summed E-state index contributed by atoms with van der Waals surface area (Å²) in [6.45, 7) is 4.73. The number of hydrogen-bond donors (Lipinski definition) is 2. The first kappa shape index (κ1) is 23.7. The lowest BCUT2D eigenvalue weighted by Crippen LogP contribution is -2.41. The number of piperidine rings is 1. The number of benzene rings is 2. The molecule has 1 aliphatic rings. The normalized spacial score (nSPS) is 15.1. The Labute approximate surface area is 189 Å². The predicted molar refractivity (Wildman–Crippen MR) is 125 cm³/mol. The van der Waals surface area contributed by atoms with Crippen LogP contribution in [0.25, 0.3) is 0 Å². The average molecular weight is 456 g/mol. The maximum absolute atomic E-state index is 13.1. The fourth-order valence-electron chi connectivity index (χ4n) is 3.68. The van der Waals surface area contributed by atoms with Crippen molar-refractivity contribution in [2.24, 2.45) is 5.92 Å². The quantitative estimate of drug-likeness (QED) is 0.568. The number of carbonyl (C=O) groups is 2. The number of rotatable bonds is 9. The minimum absolute atomic E-state index is 0.161. The molecule has 0 unspecified atom stereocenters. The second kappa shape index (κ2) is 11.1. The predicted octanol–water partition coefficient (Wildman–Crippen LogP) is 2.96. The minimum Gasteiger partial charge on any atom is -0.352 e. The van der Waals surface area contributed by atoms with E-state index in [2.05, 4.69) is 17.2 Å². The van der Waals surface area contributed by atoms with Gasteiger partial charge < -0.3 is 10.6 Å². The number of anilines is 1. The zero-order valence-corrected chi connectivity index (χ0v) is 18.8. The molecule has 2 aromatic rings. The van der Waals surface area contributed by atoms with Crippen LogP contribution in [0.2, 0.25) is 0 Å². The van der Waals surface area contributed by atoms with Gasteiger partial charge in [-0.15, -0.1) is 0 Å². The molecule has 8 heteroatoms. The molecule has 2 aromatic carbocycles. The van der Waals surface area contributed by atoms with E-state index >= 15 is 0 Å². The average Bonchev–Trinajstić information content (AvgIpc) is 2.82. The SMILES string of the molecule is C=CC(=O)NCC1CCN(S(=O)(=O)c2cccc(NC(=O)CCc3ccccc3)c2)CC1. The van der Waals surface area contributed by atoms with Crippen LogP contribution in [0, 0.1) is 5.92 Å². The first-order valence-electron chi connectivity index (χ1n) is 10.7. The summed E-state index contributed by atoms with van der Waals surface area (Å²) in [5.41, 5.74) is 1.54. The smallest absolute Gasteiger partial charge is 0.243 e. The van der Waals surface area contributed by atoms with E-state index in [9.17, 15) is 18.0 Å². The van der Waals surface area contributed by atoms with Crippen LogP contribution < -0.4 is 10.6 Å². The van der Waals surface area contributed by atoms with Crippen molar-refractivity contribution < 1.29 is 18.0 Å². The van der Waals surface area contributed by atoms with E-state index in [-0.39, 0.29) is 22.6 Å². The summed E-state index contributed by atoms with van der Waals surface area (Å²) in [6.07, 6.45) is 3.51. The number of nitrogens with one attached hydrogen (secondary N) is 2. The molecular weight excluding hydrogens is 426 g/mol. The fourth-order valence-corrected chi connectivity index (χ4v) is 5.20. The maximum atomic E-state index is 13.1. The molecule has 0 atom stereocenters. The van der Waals surface area contributed by atoms with Gasteiger partial charge in [0.1, 0.15) is 0 Å². The molecule has 2 N–H and O–H groups in total. The summed E-state index contributed by atoms with van der Waals surface area (Å²) in [6, 6.07) is 16.1. The Kier molecular flexibility index (Phi) is 8.19. The number of hydrogen-bond acceptors (Lipinski definition) is 4. The van der Waals surface area contributed by atoms with Crippen LogP contribution in [0.3, 0.4) is 0 Å². The molecule has 0 radical (unpaired) electrons. The molecule has 1 aliphatic heterocycles. The standard InChI is InChI=1S/C24H29N3O4S/c1-2-23(28)25-18-20-13-15-27(16-14-20)32(30,31)22-10-6-9-21(17-22)26-24(29)12-11-19-7-4-3-5-8-19/h2-10,17,20H,1,11-16,18H2,(H,25,28)(H,26,29). The van der Waals surface area contributed by atoms with Crippen molar-refractivity contribution >= 4 is 27.5 Å². The fraction of sp³-hybridized carbons (Fsp3) is 0.333. The van der Waals surface area contributed by atoms with Crippen molar-refractivity contribution in [2.45, 2.75) is 30.6 Å². The third-order valence-corrected chi connectivity index (χ3v) is 7.46. The highest BCUT2D eigenvalue weighted by Crippen LogP contribution is 2.25. The molecule has 1 heterocycles. The van der Waals surface area contributed by atoms with Gasteiger partial charge in [-0.3, -0.25) is 9.59 Å². The number of aryl methyl sites for hydroxylation is 1. The molecule has 1 fully saturated rings. The third-order valence-electron chi connectivity index (χ3n) is 5.56. The van der Waals surface area contributed by atoms with Gasteiger partial charge in [0.05, 0.1) is 4.90 Å². The Balaban J connectivity index is 1.56. The lowest BCUT2D eigenvalue weighted by molar-refractivity contribution is -0.117. The molecule has 7 nitrogen and oxygen atoms in total. The molecule has 0 saturated carbocycles. The van der Waals surface area contributed by atoms with Crippen LogP contribution in [0.15, 0.2) is 72.1 Å².